The molecule has 0 saturated heterocycles. The van der Waals surface area contributed by atoms with Crippen LogP contribution in [0, 0.1) is 20.8 Å². The number of aryl methyl sites for hydroxylation is 3. The highest BCUT2D eigenvalue weighted by molar-refractivity contribution is 6.30. The van der Waals surface area contributed by atoms with E-state index in [9.17, 15) is 9.59 Å². The lowest BCUT2D eigenvalue weighted by Crippen LogP contribution is -2.30. The fourth-order valence-corrected chi connectivity index (χ4v) is 3.32. The predicted octanol–water partition coefficient (Wildman–Crippen LogP) is 5.92. The van der Waals surface area contributed by atoms with Crippen LogP contribution in [-0.2, 0) is 4.79 Å². The van der Waals surface area contributed by atoms with E-state index < -0.39 is 6.10 Å². The van der Waals surface area contributed by atoms with E-state index in [2.05, 4.69) is 10.6 Å². The first-order valence-electron chi connectivity index (χ1n) is 9.95. The maximum absolute atomic E-state index is 12.5. The quantitative estimate of drug-likeness (QED) is 0.503. The van der Waals surface area contributed by atoms with Gasteiger partial charge in [0.05, 0.1) is 0 Å². The number of carbonyl (C=O) groups is 2. The lowest BCUT2D eigenvalue weighted by Gasteiger charge is -2.16. The normalized spacial score (nSPS) is 11.5. The highest BCUT2D eigenvalue weighted by Gasteiger charge is 2.16. The Labute approximate surface area is 187 Å². The van der Waals surface area contributed by atoms with Crippen LogP contribution in [0.2, 0.25) is 5.02 Å². The van der Waals surface area contributed by atoms with Crippen molar-refractivity contribution in [2.24, 2.45) is 0 Å². The van der Waals surface area contributed by atoms with Crippen molar-refractivity contribution in [3.05, 3.63) is 87.9 Å². The summed E-state index contributed by atoms with van der Waals surface area (Å²) in [6.45, 7) is 7.51. The van der Waals surface area contributed by atoms with Gasteiger partial charge in [0.15, 0.2) is 6.10 Å². The summed E-state index contributed by atoms with van der Waals surface area (Å²) in [5.74, 6) is 0.0205. The van der Waals surface area contributed by atoms with Crippen molar-refractivity contribution in [2.75, 3.05) is 10.6 Å². The molecule has 2 N–H and O–H groups in total. The third kappa shape index (κ3) is 5.86. The Balaban J connectivity index is 1.60. The van der Waals surface area contributed by atoms with Crippen molar-refractivity contribution in [1.82, 2.24) is 0 Å². The molecule has 0 saturated carbocycles. The Kier molecular flexibility index (Phi) is 6.98. The second-order valence-electron chi connectivity index (χ2n) is 7.51. The van der Waals surface area contributed by atoms with Crippen LogP contribution in [-0.4, -0.2) is 17.9 Å². The third-order valence-electron chi connectivity index (χ3n) is 4.88. The lowest BCUT2D eigenvalue weighted by molar-refractivity contribution is -0.122. The van der Waals surface area contributed by atoms with Gasteiger partial charge in [0.1, 0.15) is 5.75 Å². The summed E-state index contributed by atoms with van der Waals surface area (Å²) >= 11 is 5.96. The Morgan fingerprint density at radius 3 is 2.10 bits per heavy atom. The van der Waals surface area contributed by atoms with Gasteiger partial charge in [0, 0.05) is 22.0 Å². The van der Waals surface area contributed by atoms with Gasteiger partial charge >= 0.3 is 0 Å². The molecule has 0 spiro atoms. The first-order chi connectivity index (χ1) is 14.7. The summed E-state index contributed by atoms with van der Waals surface area (Å²) in [6.07, 6.45) is -0.697. The Hall–Kier alpha value is -3.31. The Morgan fingerprint density at radius 2 is 1.45 bits per heavy atom. The monoisotopic (exact) mass is 436 g/mol. The summed E-state index contributed by atoms with van der Waals surface area (Å²) in [7, 11) is 0. The molecule has 0 aliphatic rings. The molecule has 5 nitrogen and oxygen atoms in total. The zero-order chi connectivity index (χ0) is 22.5. The maximum Gasteiger partial charge on any atom is 0.265 e. The first kappa shape index (κ1) is 22.4. The number of nitrogens with one attached hydrogen (secondary N) is 2. The van der Waals surface area contributed by atoms with Gasteiger partial charge < -0.3 is 15.4 Å². The minimum atomic E-state index is -0.697. The van der Waals surface area contributed by atoms with Gasteiger partial charge in [0.2, 0.25) is 0 Å². The summed E-state index contributed by atoms with van der Waals surface area (Å²) in [5, 5.41) is 6.37. The number of benzene rings is 3. The summed E-state index contributed by atoms with van der Waals surface area (Å²) in [4.78, 5) is 25.0. The predicted molar refractivity (Wildman–Crippen MR) is 125 cm³/mol. The van der Waals surface area contributed by atoms with E-state index in [1.807, 2.05) is 39.0 Å². The van der Waals surface area contributed by atoms with Crippen molar-refractivity contribution >= 4 is 34.8 Å². The molecule has 6 heteroatoms. The van der Waals surface area contributed by atoms with Crippen LogP contribution < -0.4 is 15.4 Å². The number of hydrogen-bond donors (Lipinski definition) is 2. The van der Waals surface area contributed by atoms with Crippen molar-refractivity contribution < 1.29 is 14.3 Å². The molecule has 0 bridgehead atoms. The molecular formula is C25H25ClN2O3. The summed E-state index contributed by atoms with van der Waals surface area (Å²) < 4.78 is 5.74. The molecule has 3 aromatic carbocycles. The topological polar surface area (TPSA) is 67.4 Å². The van der Waals surface area contributed by atoms with Crippen LogP contribution >= 0.6 is 11.6 Å². The van der Waals surface area contributed by atoms with Gasteiger partial charge in [-0.1, -0.05) is 29.3 Å². The number of halogens is 1. The molecule has 0 aromatic heterocycles. The smallest absolute Gasteiger partial charge is 0.265 e. The van der Waals surface area contributed by atoms with Gasteiger partial charge in [0.25, 0.3) is 11.8 Å². The van der Waals surface area contributed by atoms with E-state index in [1.54, 1.807) is 49.4 Å². The van der Waals surface area contributed by atoms with Crippen LogP contribution in [0.15, 0.2) is 60.7 Å². The second-order valence-corrected chi connectivity index (χ2v) is 7.94. The fourth-order valence-electron chi connectivity index (χ4n) is 3.09. The van der Waals surface area contributed by atoms with Crippen LogP contribution in [0.25, 0.3) is 0 Å². The van der Waals surface area contributed by atoms with Crippen LogP contribution in [0.1, 0.15) is 34.0 Å². The average Bonchev–Trinajstić information content (AvgIpc) is 2.72. The minimum Gasteiger partial charge on any atom is -0.481 e. The molecule has 1 unspecified atom stereocenters. The number of ether oxygens (including phenoxy) is 1. The maximum atomic E-state index is 12.5. The molecule has 1 atom stereocenters. The molecular weight excluding hydrogens is 412 g/mol. The summed E-state index contributed by atoms with van der Waals surface area (Å²) in [6, 6.07) is 17.8. The van der Waals surface area contributed by atoms with Gasteiger partial charge in [-0.3, -0.25) is 9.59 Å². The van der Waals surface area contributed by atoms with Crippen molar-refractivity contribution in [2.45, 2.75) is 33.8 Å². The number of carbonyl (C=O) groups excluding carboxylic acids is 2. The molecule has 2 amide bonds. The lowest BCUT2D eigenvalue weighted by atomic mass is 10.1. The van der Waals surface area contributed by atoms with Crippen molar-refractivity contribution in [3.8, 4) is 5.75 Å². The van der Waals surface area contributed by atoms with E-state index >= 15 is 0 Å². The molecule has 0 aliphatic heterocycles. The van der Waals surface area contributed by atoms with Crippen LogP contribution in [0.4, 0.5) is 11.4 Å². The minimum absolute atomic E-state index is 0.238. The molecule has 0 heterocycles. The highest BCUT2D eigenvalue weighted by atomic mass is 35.5. The third-order valence-corrected chi connectivity index (χ3v) is 5.11. The molecule has 3 rings (SSSR count). The fraction of sp³-hybridized carbons (Fsp3) is 0.200. The number of amides is 2. The largest absolute Gasteiger partial charge is 0.481 e. The Morgan fingerprint density at radius 1 is 0.839 bits per heavy atom. The number of rotatable bonds is 6. The molecule has 160 valence electrons. The van der Waals surface area contributed by atoms with E-state index in [0.29, 0.717) is 22.0 Å². The van der Waals surface area contributed by atoms with Gasteiger partial charge in [-0.15, -0.1) is 0 Å². The summed E-state index contributed by atoms with van der Waals surface area (Å²) in [5.41, 5.74) is 4.95. The average molecular weight is 437 g/mol. The van der Waals surface area contributed by atoms with Crippen molar-refractivity contribution in [1.29, 1.82) is 0 Å². The zero-order valence-electron chi connectivity index (χ0n) is 18.0. The SMILES string of the molecule is Cc1ccc(NC(=O)C(C)Oc2ccc(C(=O)Nc3ccc(Cl)cc3C)cc2)c(C)c1. The van der Waals surface area contributed by atoms with Crippen LogP contribution in [0.5, 0.6) is 5.75 Å². The van der Waals surface area contributed by atoms with Gasteiger partial charge in [-0.2, -0.15) is 0 Å². The van der Waals surface area contributed by atoms with Gasteiger partial charge in [-0.05, 0) is 87.4 Å². The molecule has 0 aliphatic carbocycles. The number of anilines is 2. The first-order valence-corrected chi connectivity index (χ1v) is 10.3. The van der Waals surface area contributed by atoms with E-state index in [-0.39, 0.29) is 11.8 Å². The van der Waals surface area contributed by atoms with E-state index in [1.165, 1.54) is 0 Å². The molecule has 0 fully saturated rings. The number of hydrogen-bond acceptors (Lipinski definition) is 3. The highest BCUT2D eigenvalue weighted by Crippen LogP contribution is 2.21. The standard InChI is InChI=1S/C25H25ClN2O3/c1-15-5-11-22(16(2)13-15)27-24(29)18(4)31-21-9-6-19(7-10-21)25(30)28-23-12-8-20(26)14-17(23)3/h5-14,18H,1-4H3,(H,27,29)(H,28,30). The van der Waals surface area contributed by atoms with E-state index in [0.717, 1.165) is 22.4 Å². The second kappa shape index (κ2) is 9.67. The van der Waals surface area contributed by atoms with E-state index in [4.69, 9.17) is 16.3 Å². The van der Waals surface area contributed by atoms with Crippen LogP contribution in [0.3, 0.4) is 0 Å². The zero-order valence-corrected chi connectivity index (χ0v) is 18.7. The molecule has 0 radical (unpaired) electrons. The van der Waals surface area contributed by atoms with Gasteiger partial charge in [-0.25, -0.2) is 0 Å². The molecule has 31 heavy (non-hydrogen) atoms. The Bertz CT molecular complexity index is 1110. The molecule has 3 aromatic rings. The van der Waals surface area contributed by atoms with Crippen molar-refractivity contribution in [3.63, 3.8) is 0 Å².